The van der Waals surface area contributed by atoms with Crippen molar-refractivity contribution in [3.8, 4) is 116 Å². The molecular formula is C95H86N20O15. The summed E-state index contributed by atoms with van der Waals surface area (Å²) in [5, 5.41) is 51.9. The highest BCUT2D eigenvalue weighted by Gasteiger charge is 2.44. The van der Waals surface area contributed by atoms with Gasteiger partial charge in [0.2, 0.25) is 16.8 Å². The van der Waals surface area contributed by atoms with E-state index in [4.69, 9.17) is 61.1 Å². The molecule has 6 amide bonds. The molecule has 656 valence electrons. The zero-order chi connectivity index (χ0) is 93.7. The van der Waals surface area contributed by atoms with E-state index in [9.17, 15) is 63.9 Å². The SMILES string of the molecule is C=C1N(C)CC[C@@]1(O)C#Cc1cccc(-c2cnc(N)c(C(N)=O)n2)c1.C=C1N(C)CC[C@@]1(O)C#Cc1cccc(-c2nc(C(N)=O)cc3nccn23)c1.CN1CC[C@@](O)(C#Cc2cccc(-c3ccc(N)c(C(N)=O)n3)c2)C1=O.NC(=O)c1nc(-c2cccc(C#C[C@@]3(O)CCOC3=O)c2)ccc1N.NC(=O)c1nc(-c2cccc(C#C[C@]3(O)CCOC3=O)c2)ccc1N. The molecule has 0 bridgehead atoms. The summed E-state index contributed by atoms with van der Waals surface area (Å²) < 4.78 is 11.3. The van der Waals surface area contributed by atoms with Crippen LogP contribution < -0.4 is 51.6 Å². The number of benzene rings is 5. The van der Waals surface area contributed by atoms with Crippen LogP contribution in [0.5, 0.6) is 0 Å². The minimum atomic E-state index is -1.77. The van der Waals surface area contributed by atoms with Gasteiger partial charge in [0, 0.05) is 147 Å². The monoisotopic (exact) mass is 1750 g/mol. The average Bonchev–Trinajstić information content (AvgIpc) is 1.59. The van der Waals surface area contributed by atoms with Crippen molar-refractivity contribution in [3.63, 3.8) is 0 Å². The molecular weight excluding hydrogens is 1660 g/mol. The van der Waals surface area contributed by atoms with Crippen LogP contribution in [0.3, 0.4) is 0 Å². The van der Waals surface area contributed by atoms with Crippen molar-refractivity contribution in [3.05, 3.63) is 263 Å². The number of nitrogens with zero attached hydrogens (tertiary/aromatic N) is 11. The first-order valence-electron chi connectivity index (χ1n) is 39.7. The topological polar surface area (TPSA) is 595 Å². The summed E-state index contributed by atoms with van der Waals surface area (Å²) in [7, 11) is 5.39. The van der Waals surface area contributed by atoms with Gasteiger partial charge in [-0.15, -0.1) is 0 Å². The van der Waals surface area contributed by atoms with Crippen LogP contribution in [0.25, 0.3) is 62.1 Å². The van der Waals surface area contributed by atoms with E-state index < -0.39 is 75.4 Å². The van der Waals surface area contributed by atoms with E-state index in [-0.39, 0.29) is 83.8 Å². The van der Waals surface area contributed by atoms with Gasteiger partial charge in [0.25, 0.3) is 35.4 Å². The molecule has 23 N–H and O–H groups in total. The molecule has 0 saturated carbocycles. The molecule has 5 aromatic carbocycles. The van der Waals surface area contributed by atoms with E-state index in [1.165, 1.54) is 11.1 Å². The number of carbonyl (C=O) groups excluding carboxylic acids is 8. The number of rotatable bonds is 10. The van der Waals surface area contributed by atoms with E-state index in [0.29, 0.717) is 128 Å². The number of aromatic nitrogens is 8. The van der Waals surface area contributed by atoms with Gasteiger partial charge in [0.05, 0.1) is 70.6 Å². The fourth-order valence-electron chi connectivity index (χ4n) is 13.4. The van der Waals surface area contributed by atoms with Gasteiger partial charge in [0.15, 0.2) is 39.8 Å². The standard InChI is InChI=1S/C21H19N5O2.C19H19N5O2.C19H18N4O3.2C18H15N3O4/c1-14-21(28,8-10-25(14)2)7-6-15-4-3-5-16(12-15)20-24-17(19(22)27)13-18-23-9-11-26(18)20;1-12-19(26,8-9-24(12)2)7-6-13-4-3-5-14(10-13)15-11-22-17(20)16(23-15)18(21)25;1-23-10-9-19(26,18(23)25)8-7-12-3-2-4-13(11-12)15-6-5-14(20)16(22-15)17(21)24;2*19-13-4-5-14(21-15(13)16(20)22)12-3-1-2-11(10-12)6-7-18(24)8-9-25-17(18)23/h3-5,9,11-13,28H,1,8,10H2,2H3,(H2,22,27);3-5,10-11,26H,1,8-9H2,2H3,(H2,20,22)(H2,21,25);2-6,11,26H,9-10,20H2,1H3,(H2,21,24);2*1-5,10,24H,8-9,19H2,(H2,20,22)/t21-;2*19-;2*18-/m00010/s1. The molecule has 0 unspecified atom stereocenters. The molecule has 35 heteroatoms. The van der Waals surface area contributed by atoms with E-state index in [1.54, 1.807) is 151 Å². The van der Waals surface area contributed by atoms with Crippen molar-refractivity contribution in [2.75, 3.05) is 76.9 Å². The van der Waals surface area contributed by atoms with Crippen LogP contribution in [-0.4, -0.2) is 209 Å². The Labute approximate surface area is 744 Å². The molecule has 5 atom stereocenters. The molecule has 0 radical (unpaired) electrons. The highest BCUT2D eigenvalue weighted by Crippen LogP contribution is 2.33. The molecule has 5 saturated heterocycles. The number of ether oxygens (including phenoxy) is 2. The van der Waals surface area contributed by atoms with Gasteiger partial charge < -0.3 is 101 Å². The normalized spacial score (nSPS) is 19.0. The number of aliphatic hydroxyl groups is 5. The number of likely N-dealkylation sites (N-methyl/N-ethyl adjacent to an activating group) is 3. The maximum atomic E-state index is 12.0. The lowest BCUT2D eigenvalue weighted by Crippen LogP contribution is -2.37. The first kappa shape index (κ1) is 92.1. The predicted octanol–water partition coefficient (Wildman–Crippen LogP) is 3.48. The van der Waals surface area contributed by atoms with Crippen molar-refractivity contribution in [1.82, 2.24) is 54.0 Å². The van der Waals surface area contributed by atoms with E-state index in [0.717, 1.165) is 5.56 Å². The number of nitrogen functional groups attached to an aromatic ring is 4. The molecule has 5 aliphatic rings. The lowest BCUT2D eigenvalue weighted by molar-refractivity contribution is -0.149. The van der Waals surface area contributed by atoms with Crippen molar-refractivity contribution in [1.29, 1.82) is 0 Å². The zero-order valence-electron chi connectivity index (χ0n) is 70.2. The maximum Gasteiger partial charge on any atom is 0.351 e. The Kier molecular flexibility index (Phi) is 27.3. The molecule has 6 aromatic heterocycles. The summed E-state index contributed by atoms with van der Waals surface area (Å²) in [5.41, 5.74) is 52.7. The van der Waals surface area contributed by atoms with Crippen LogP contribution in [0.1, 0.15) is 112 Å². The molecule has 11 heterocycles. The number of amides is 6. The summed E-state index contributed by atoms with van der Waals surface area (Å²) in [5.74, 6) is 23.2. The fourth-order valence-corrected chi connectivity index (χ4v) is 13.4. The Hall–Kier alpha value is -17.1. The number of carbonyl (C=O) groups is 8. The highest BCUT2D eigenvalue weighted by atomic mass is 16.6. The van der Waals surface area contributed by atoms with Gasteiger partial charge in [-0.3, -0.25) is 33.2 Å². The largest absolute Gasteiger partial charge is 0.463 e. The van der Waals surface area contributed by atoms with Crippen LogP contribution >= 0.6 is 0 Å². The van der Waals surface area contributed by atoms with Crippen molar-refractivity contribution in [2.45, 2.75) is 60.1 Å². The predicted molar refractivity (Wildman–Crippen MR) is 480 cm³/mol. The smallest absolute Gasteiger partial charge is 0.351 e. The van der Waals surface area contributed by atoms with Gasteiger partial charge >= 0.3 is 11.9 Å². The zero-order valence-corrected chi connectivity index (χ0v) is 70.2. The van der Waals surface area contributed by atoms with Crippen LogP contribution in [0.4, 0.5) is 22.9 Å². The summed E-state index contributed by atoms with van der Waals surface area (Å²) in [6.45, 7) is 10.0. The Morgan fingerprint density at radius 3 is 1.07 bits per heavy atom. The minimum Gasteiger partial charge on any atom is -0.463 e. The van der Waals surface area contributed by atoms with Crippen LogP contribution in [0, 0.1) is 59.2 Å². The molecule has 5 aliphatic heterocycles. The molecule has 11 aromatic rings. The molecule has 0 aliphatic carbocycles. The summed E-state index contributed by atoms with van der Waals surface area (Å²) in [6.07, 6.45) is 6.45. The summed E-state index contributed by atoms with van der Waals surface area (Å²) >= 11 is 0. The molecule has 0 spiro atoms. The Morgan fingerprint density at radius 1 is 0.392 bits per heavy atom. The molecule has 35 nitrogen and oxygen atoms in total. The van der Waals surface area contributed by atoms with Crippen LogP contribution in [0.2, 0.25) is 0 Å². The first-order valence-corrected chi connectivity index (χ1v) is 39.7. The third-order valence-electron chi connectivity index (χ3n) is 21.1. The number of imidazole rings is 1. The number of hydrogen-bond acceptors (Lipinski definition) is 28. The fraction of sp³-hybridized carbons (Fsp3) is 0.189. The lowest BCUT2D eigenvalue weighted by atomic mass is 10.00. The molecule has 130 heavy (non-hydrogen) atoms. The number of primary amides is 5. The Bertz CT molecular complexity index is 6510. The Morgan fingerprint density at radius 2 is 0.731 bits per heavy atom. The maximum absolute atomic E-state index is 12.0. The number of esters is 2. The van der Waals surface area contributed by atoms with Gasteiger partial charge in [-0.1, -0.05) is 133 Å². The number of anilines is 4. The second kappa shape index (κ2) is 38.6. The van der Waals surface area contributed by atoms with Gasteiger partial charge in [-0.05, 0) is 97.1 Å². The Balaban J connectivity index is 0.000000147. The third kappa shape index (κ3) is 21.3. The number of likely N-dealkylation sites (tertiary alicyclic amines) is 3. The number of cyclic esters (lactones) is 2. The second-order valence-electron chi connectivity index (χ2n) is 30.3. The van der Waals surface area contributed by atoms with Crippen LogP contribution in [-0.2, 0) is 23.9 Å². The van der Waals surface area contributed by atoms with E-state index >= 15 is 0 Å². The minimum absolute atomic E-state index is 0.00278. The van der Waals surface area contributed by atoms with Gasteiger partial charge in [0.1, 0.15) is 17.2 Å². The van der Waals surface area contributed by atoms with Gasteiger partial charge in [-0.2, -0.15) is 0 Å². The lowest BCUT2D eigenvalue weighted by Gasteiger charge is -2.19. The average molecular weight is 1750 g/mol. The van der Waals surface area contributed by atoms with Crippen molar-refractivity contribution in [2.24, 2.45) is 28.7 Å². The number of fused-ring (bicyclic) bond motifs is 1. The number of hydrogen-bond donors (Lipinski definition) is 14. The number of pyridine rings is 3. The molecule has 16 rings (SSSR count). The number of nitrogens with two attached hydrogens (primary N) is 9. The molecule has 5 fully saturated rings. The van der Waals surface area contributed by atoms with Crippen molar-refractivity contribution >= 4 is 75.9 Å². The van der Waals surface area contributed by atoms with E-state index in [2.05, 4.69) is 107 Å². The van der Waals surface area contributed by atoms with Gasteiger partial charge in [-0.25, -0.2) is 44.5 Å². The summed E-state index contributed by atoms with van der Waals surface area (Å²) in [6, 6.07) is 46.9. The first-order chi connectivity index (χ1) is 61.7. The van der Waals surface area contributed by atoms with Crippen molar-refractivity contribution < 1.29 is 73.4 Å². The summed E-state index contributed by atoms with van der Waals surface area (Å²) in [4.78, 5) is 127. The van der Waals surface area contributed by atoms with Crippen LogP contribution in [0.15, 0.2) is 207 Å². The second-order valence-corrected chi connectivity index (χ2v) is 30.3. The third-order valence-corrected chi connectivity index (χ3v) is 21.1. The van der Waals surface area contributed by atoms with E-state index in [1.807, 2.05) is 60.3 Å². The highest BCUT2D eigenvalue weighted by molar-refractivity contribution is 5.99. The quantitative estimate of drug-likeness (QED) is 0.0688.